The van der Waals surface area contributed by atoms with E-state index in [1.807, 2.05) is 36.5 Å². The molecule has 1 aromatic carbocycles. The van der Waals surface area contributed by atoms with Gasteiger partial charge in [0.1, 0.15) is 0 Å². The van der Waals surface area contributed by atoms with Crippen LogP contribution in [0.25, 0.3) is 16.7 Å². The Kier molecular flexibility index (Phi) is 6.32. The number of ether oxygens (including phenoxy) is 1. The molecular formula is C24H27N7O2. The number of amides is 2. The number of anilines is 1. The Morgan fingerprint density at radius 3 is 2.79 bits per heavy atom. The molecule has 0 bridgehead atoms. The van der Waals surface area contributed by atoms with Crippen molar-refractivity contribution in [3.8, 4) is 5.82 Å². The van der Waals surface area contributed by atoms with E-state index < -0.39 is 0 Å². The van der Waals surface area contributed by atoms with Gasteiger partial charge in [-0.3, -0.25) is 4.90 Å². The van der Waals surface area contributed by atoms with Gasteiger partial charge in [0.25, 0.3) is 0 Å². The number of morpholine rings is 1. The Morgan fingerprint density at radius 1 is 1.03 bits per heavy atom. The molecule has 0 atom stereocenters. The molecule has 2 N–H and O–H groups in total. The molecule has 9 heteroatoms. The summed E-state index contributed by atoms with van der Waals surface area (Å²) in [6.45, 7) is 5.95. The van der Waals surface area contributed by atoms with E-state index in [2.05, 4.69) is 48.5 Å². The van der Waals surface area contributed by atoms with Gasteiger partial charge in [-0.25, -0.2) is 14.5 Å². The second kappa shape index (κ2) is 9.85. The van der Waals surface area contributed by atoms with E-state index in [1.165, 1.54) is 0 Å². The second-order valence-corrected chi connectivity index (χ2v) is 8.02. The maximum atomic E-state index is 12.4. The molecule has 1 saturated heterocycles. The van der Waals surface area contributed by atoms with Crippen LogP contribution >= 0.6 is 0 Å². The van der Waals surface area contributed by atoms with Gasteiger partial charge in [0.05, 0.1) is 13.2 Å². The first kappa shape index (κ1) is 21.2. The fourth-order valence-electron chi connectivity index (χ4n) is 4.00. The first-order valence-corrected chi connectivity index (χ1v) is 11.1. The van der Waals surface area contributed by atoms with Crippen LogP contribution in [-0.4, -0.2) is 63.1 Å². The molecule has 0 spiro atoms. The minimum atomic E-state index is -0.251. The van der Waals surface area contributed by atoms with Gasteiger partial charge < -0.3 is 19.9 Å². The SMILES string of the molecule is O=C(NCc1ccnc(-n2cccn2)c1)Nc1ccc2c(ccn2CCN2CCOCC2)c1. The van der Waals surface area contributed by atoms with E-state index in [-0.39, 0.29) is 6.03 Å². The molecule has 0 unspecified atom stereocenters. The van der Waals surface area contributed by atoms with Crippen molar-refractivity contribution in [1.29, 1.82) is 0 Å². The van der Waals surface area contributed by atoms with Crippen molar-refractivity contribution in [3.63, 3.8) is 0 Å². The molecule has 3 aromatic heterocycles. The number of nitrogens with one attached hydrogen (secondary N) is 2. The lowest BCUT2D eigenvalue weighted by atomic mass is 10.2. The number of rotatable bonds is 7. The van der Waals surface area contributed by atoms with E-state index in [0.29, 0.717) is 12.4 Å². The normalized spacial score (nSPS) is 14.4. The maximum absolute atomic E-state index is 12.4. The zero-order valence-corrected chi connectivity index (χ0v) is 18.4. The third-order valence-electron chi connectivity index (χ3n) is 5.79. The van der Waals surface area contributed by atoms with E-state index in [4.69, 9.17) is 4.74 Å². The number of hydrogen-bond acceptors (Lipinski definition) is 5. The number of fused-ring (bicyclic) bond motifs is 1. The predicted octanol–water partition coefficient (Wildman–Crippen LogP) is 2.88. The summed E-state index contributed by atoms with van der Waals surface area (Å²) in [4.78, 5) is 19.2. The first-order valence-electron chi connectivity index (χ1n) is 11.1. The van der Waals surface area contributed by atoms with E-state index in [0.717, 1.165) is 61.5 Å². The second-order valence-electron chi connectivity index (χ2n) is 8.02. The highest BCUT2D eigenvalue weighted by Crippen LogP contribution is 2.21. The summed E-state index contributed by atoms with van der Waals surface area (Å²) in [5.41, 5.74) is 2.87. The van der Waals surface area contributed by atoms with Crippen molar-refractivity contribution in [2.24, 2.45) is 0 Å². The molecule has 4 heterocycles. The summed E-state index contributed by atoms with van der Waals surface area (Å²) < 4.78 is 9.37. The zero-order valence-electron chi connectivity index (χ0n) is 18.4. The first-order chi connectivity index (χ1) is 16.2. The molecule has 1 fully saturated rings. The molecule has 0 saturated carbocycles. The summed E-state index contributed by atoms with van der Waals surface area (Å²) in [5, 5.41) is 11.1. The minimum Gasteiger partial charge on any atom is -0.379 e. The van der Waals surface area contributed by atoms with E-state index in [1.54, 1.807) is 17.1 Å². The third kappa shape index (κ3) is 5.21. The van der Waals surface area contributed by atoms with Gasteiger partial charge in [-0.15, -0.1) is 0 Å². The van der Waals surface area contributed by atoms with Gasteiger partial charge in [0, 0.05) is 74.1 Å². The number of aromatic nitrogens is 4. The molecule has 1 aliphatic heterocycles. The molecular weight excluding hydrogens is 418 g/mol. The Balaban J connectivity index is 1.16. The highest BCUT2D eigenvalue weighted by molar-refractivity contribution is 5.92. The lowest BCUT2D eigenvalue weighted by molar-refractivity contribution is 0.0365. The van der Waals surface area contributed by atoms with Crippen molar-refractivity contribution in [3.05, 3.63) is 72.8 Å². The minimum absolute atomic E-state index is 0.251. The van der Waals surface area contributed by atoms with Gasteiger partial charge in [0.15, 0.2) is 5.82 Å². The Bertz CT molecular complexity index is 1210. The van der Waals surface area contributed by atoms with Crippen LogP contribution in [0, 0.1) is 0 Å². The van der Waals surface area contributed by atoms with Crippen LogP contribution in [0.3, 0.4) is 0 Å². The number of carbonyl (C=O) groups excluding carboxylic acids is 1. The third-order valence-corrected chi connectivity index (χ3v) is 5.79. The number of benzene rings is 1. The molecule has 0 radical (unpaired) electrons. The summed E-state index contributed by atoms with van der Waals surface area (Å²) in [5.74, 6) is 0.711. The van der Waals surface area contributed by atoms with E-state index >= 15 is 0 Å². The Hall–Kier alpha value is -3.69. The standard InChI is InChI=1S/C24H27N7O2/c32-24(26-18-19-4-7-25-23(16-19)31-8-1-6-27-31)28-21-2-3-22-20(17-21)5-9-30(22)11-10-29-12-14-33-15-13-29/h1-9,16-17H,10-15,18H2,(H2,26,28,32). The zero-order chi connectivity index (χ0) is 22.5. The Labute approximate surface area is 192 Å². The number of pyridine rings is 1. The lowest BCUT2D eigenvalue weighted by Crippen LogP contribution is -2.38. The van der Waals surface area contributed by atoms with Gasteiger partial charge >= 0.3 is 6.03 Å². The molecule has 33 heavy (non-hydrogen) atoms. The van der Waals surface area contributed by atoms with Gasteiger partial charge in [-0.2, -0.15) is 5.10 Å². The lowest BCUT2D eigenvalue weighted by Gasteiger charge is -2.26. The van der Waals surface area contributed by atoms with Gasteiger partial charge in [0.2, 0.25) is 0 Å². The highest BCUT2D eigenvalue weighted by atomic mass is 16.5. The topological polar surface area (TPSA) is 89.2 Å². The Morgan fingerprint density at radius 2 is 1.94 bits per heavy atom. The van der Waals surface area contributed by atoms with Crippen molar-refractivity contribution < 1.29 is 9.53 Å². The van der Waals surface area contributed by atoms with E-state index in [9.17, 15) is 4.79 Å². The quantitative estimate of drug-likeness (QED) is 0.457. The van der Waals surface area contributed by atoms with Crippen molar-refractivity contribution in [2.75, 3.05) is 38.2 Å². The fraction of sp³-hybridized carbons (Fsp3) is 0.292. The number of hydrogen-bond donors (Lipinski definition) is 2. The molecule has 1 aliphatic rings. The molecule has 2 amide bonds. The van der Waals surface area contributed by atoms with Crippen molar-refractivity contribution >= 4 is 22.6 Å². The summed E-state index contributed by atoms with van der Waals surface area (Å²) in [6, 6.07) is 13.5. The number of nitrogens with zero attached hydrogens (tertiary/aromatic N) is 5. The number of urea groups is 1. The average Bonchev–Trinajstić information content (AvgIpc) is 3.53. The van der Waals surface area contributed by atoms with Crippen LogP contribution in [0.2, 0.25) is 0 Å². The van der Waals surface area contributed by atoms with Crippen LogP contribution in [-0.2, 0) is 17.8 Å². The van der Waals surface area contributed by atoms with Gasteiger partial charge in [-0.05, 0) is 48.0 Å². The monoisotopic (exact) mass is 445 g/mol. The van der Waals surface area contributed by atoms with Crippen LogP contribution in [0.5, 0.6) is 0 Å². The molecule has 9 nitrogen and oxygen atoms in total. The highest BCUT2D eigenvalue weighted by Gasteiger charge is 2.11. The predicted molar refractivity (Wildman–Crippen MR) is 126 cm³/mol. The van der Waals surface area contributed by atoms with Crippen molar-refractivity contribution in [1.82, 2.24) is 29.5 Å². The summed E-state index contributed by atoms with van der Waals surface area (Å²) in [6.07, 6.45) is 7.35. The molecule has 4 aromatic rings. The largest absolute Gasteiger partial charge is 0.379 e. The molecule has 5 rings (SSSR count). The molecule has 170 valence electrons. The summed E-state index contributed by atoms with van der Waals surface area (Å²) >= 11 is 0. The van der Waals surface area contributed by atoms with Crippen LogP contribution in [0.4, 0.5) is 10.5 Å². The van der Waals surface area contributed by atoms with Gasteiger partial charge in [-0.1, -0.05) is 0 Å². The van der Waals surface area contributed by atoms with Crippen molar-refractivity contribution in [2.45, 2.75) is 13.1 Å². The average molecular weight is 446 g/mol. The number of carbonyl (C=O) groups is 1. The molecule has 0 aliphatic carbocycles. The fourth-order valence-corrected chi connectivity index (χ4v) is 4.00. The van der Waals surface area contributed by atoms with Crippen LogP contribution in [0.1, 0.15) is 5.56 Å². The maximum Gasteiger partial charge on any atom is 0.319 e. The van der Waals surface area contributed by atoms with Crippen LogP contribution < -0.4 is 10.6 Å². The summed E-state index contributed by atoms with van der Waals surface area (Å²) in [7, 11) is 0. The smallest absolute Gasteiger partial charge is 0.319 e. The van der Waals surface area contributed by atoms with Crippen LogP contribution in [0.15, 0.2) is 67.3 Å².